The number of rotatable bonds is 2. The van der Waals surface area contributed by atoms with Crippen LogP contribution in [0.15, 0.2) is 0 Å². The standard InChI is InChI=1S/C8H10F4N2/c1-2-6(3-13)14-4-7(9,10)8(11,12)5-14/h6H,2,4-5H2,1H3. The Balaban J connectivity index is 2.78. The van der Waals surface area contributed by atoms with Crippen molar-refractivity contribution in [2.24, 2.45) is 0 Å². The Morgan fingerprint density at radius 1 is 1.29 bits per heavy atom. The molecule has 0 spiro atoms. The van der Waals surface area contributed by atoms with Gasteiger partial charge in [0.15, 0.2) is 0 Å². The van der Waals surface area contributed by atoms with Gasteiger partial charge in [0, 0.05) is 0 Å². The lowest BCUT2D eigenvalue weighted by Crippen LogP contribution is -2.38. The summed E-state index contributed by atoms with van der Waals surface area (Å²) in [6.45, 7) is -0.472. The molecule has 0 aromatic rings. The molecule has 1 unspecified atom stereocenters. The molecule has 0 aromatic carbocycles. The average Bonchev–Trinajstić information content (AvgIpc) is 2.23. The van der Waals surface area contributed by atoms with Gasteiger partial charge >= 0.3 is 11.8 Å². The molecule has 0 N–H and O–H groups in total. The van der Waals surface area contributed by atoms with Gasteiger partial charge in [-0.2, -0.15) is 22.8 Å². The lowest BCUT2D eigenvalue weighted by molar-refractivity contribution is -0.172. The van der Waals surface area contributed by atoms with Gasteiger partial charge in [0.1, 0.15) is 0 Å². The zero-order valence-corrected chi connectivity index (χ0v) is 7.60. The van der Waals surface area contributed by atoms with Gasteiger partial charge in [-0.3, -0.25) is 4.90 Å². The molecule has 6 heteroatoms. The zero-order chi connectivity index (χ0) is 11.0. The molecule has 80 valence electrons. The van der Waals surface area contributed by atoms with Crippen LogP contribution in [-0.4, -0.2) is 35.9 Å². The van der Waals surface area contributed by atoms with E-state index in [2.05, 4.69) is 0 Å². The lowest BCUT2D eigenvalue weighted by Gasteiger charge is -2.18. The van der Waals surface area contributed by atoms with Crippen LogP contribution in [0.1, 0.15) is 13.3 Å². The Hall–Kier alpha value is -0.830. The highest BCUT2D eigenvalue weighted by atomic mass is 19.3. The molecule has 0 bridgehead atoms. The first-order chi connectivity index (χ1) is 6.34. The van der Waals surface area contributed by atoms with E-state index in [1.165, 1.54) is 0 Å². The summed E-state index contributed by atoms with van der Waals surface area (Å²) in [5.41, 5.74) is 0. The third kappa shape index (κ3) is 1.69. The fraction of sp³-hybridized carbons (Fsp3) is 0.875. The van der Waals surface area contributed by atoms with Crippen LogP contribution in [-0.2, 0) is 0 Å². The highest BCUT2D eigenvalue weighted by Gasteiger charge is 2.63. The van der Waals surface area contributed by atoms with E-state index in [0.717, 1.165) is 4.90 Å². The molecule has 0 radical (unpaired) electrons. The summed E-state index contributed by atoms with van der Waals surface area (Å²) in [7, 11) is 0. The number of alkyl halides is 4. The van der Waals surface area contributed by atoms with Crippen LogP contribution >= 0.6 is 0 Å². The molecule has 0 saturated carbocycles. The van der Waals surface area contributed by atoms with Crippen LogP contribution in [0.25, 0.3) is 0 Å². The molecule has 1 saturated heterocycles. The van der Waals surface area contributed by atoms with Crippen LogP contribution in [0.5, 0.6) is 0 Å². The Labute approximate surface area is 79.1 Å². The molecule has 1 atom stereocenters. The van der Waals surface area contributed by atoms with Crippen LogP contribution in [0.2, 0.25) is 0 Å². The fourth-order valence-electron chi connectivity index (χ4n) is 1.45. The summed E-state index contributed by atoms with van der Waals surface area (Å²) < 4.78 is 50.8. The molecule has 1 aliphatic rings. The number of hydrogen-bond acceptors (Lipinski definition) is 2. The van der Waals surface area contributed by atoms with Crippen molar-refractivity contribution in [2.45, 2.75) is 31.2 Å². The lowest BCUT2D eigenvalue weighted by atomic mass is 10.2. The van der Waals surface area contributed by atoms with E-state index in [1.807, 2.05) is 0 Å². The Morgan fingerprint density at radius 2 is 1.71 bits per heavy atom. The predicted octanol–water partition coefficient (Wildman–Crippen LogP) is 1.87. The quantitative estimate of drug-likeness (QED) is 0.650. The summed E-state index contributed by atoms with van der Waals surface area (Å²) in [6.07, 6.45) is 0.267. The van der Waals surface area contributed by atoms with Crippen molar-refractivity contribution < 1.29 is 17.6 Å². The molecular weight excluding hydrogens is 200 g/mol. The first-order valence-corrected chi connectivity index (χ1v) is 4.23. The van der Waals surface area contributed by atoms with Crippen molar-refractivity contribution in [3.8, 4) is 6.07 Å². The monoisotopic (exact) mass is 210 g/mol. The molecule has 1 aliphatic heterocycles. The third-order valence-corrected chi connectivity index (χ3v) is 2.31. The van der Waals surface area contributed by atoms with Crippen molar-refractivity contribution in [3.63, 3.8) is 0 Å². The molecule has 0 aromatic heterocycles. The van der Waals surface area contributed by atoms with Crippen molar-refractivity contribution in [2.75, 3.05) is 13.1 Å². The van der Waals surface area contributed by atoms with E-state index >= 15 is 0 Å². The third-order valence-electron chi connectivity index (χ3n) is 2.31. The summed E-state index contributed by atoms with van der Waals surface area (Å²) in [5.74, 6) is -8.03. The van der Waals surface area contributed by atoms with Crippen molar-refractivity contribution in [3.05, 3.63) is 0 Å². The minimum atomic E-state index is -4.02. The first-order valence-electron chi connectivity index (χ1n) is 4.23. The summed E-state index contributed by atoms with van der Waals surface area (Å²) >= 11 is 0. The van der Waals surface area contributed by atoms with E-state index < -0.39 is 31.0 Å². The van der Waals surface area contributed by atoms with Gasteiger partial charge in [-0.05, 0) is 6.42 Å². The molecule has 1 rings (SSSR count). The zero-order valence-electron chi connectivity index (χ0n) is 7.60. The number of nitrogens with zero attached hydrogens (tertiary/aromatic N) is 2. The van der Waals surface area contributed by atoms with Gasteiger partial charge in [0.25, 0.3) is 0 Å². The second-order valence-electron chi connectivity index (χ2n) is 3.37. The summed E-state index contributed by atoms with van der Waals surface area (Å²) in [4.78, 5) is 0.833. The van der Waals surface area contributed by atoms with E-state index in [9.17, 15) is 17.6 Å². The van der Waals surface area contributed by atoms with Crippen LogP contribution in [0.3, 0.4) is 0 Å². The number of likely N-dealkylation sites (tertiary alicyclic amines) is 1. The van der Waals surface area contributed by atoms with Crippen molar-refractivity contribution in [1.29, 1.82) is 5.26 Å². The normalized spacial score (nSPS) is 27.1. The van der Waals surface area contributed by atoms with Crippen LogP contribution in [0.4, 0.5) is 17.6 Å². The van der Waals surface area contributed by atoms with E-state index in [-0.39, 0.29) is 6.42 Å². The SMILES string of the molecule is CCC(C#N)N1CC(F)(F)C(F)(F)C1. The predicted molar refractivity (Wildman–Crippen MR) is 41.2 cm³/mol. The average molecular weight is 210 g/mol. The van der Waals surface area contributed by atoms with E-state index in [4.69, 9.17) is 5.26 Å². The topological polar surface area (TPSA) is 27.0 Å². The van der Waals surface area contributed by atoms with Gasteiger partial charge < -0.3 is 0 Å². The van der Waals surface area contributed by atoms with Gasteiger partial charge in [0.2, 0.25) is 0 Å². The smallest absolute Gasteiger partial charge is 0.276 e. The van der Waals surface area contributed by atoms with Crippen molar-refractivity contribution >= 4 is 0 Å². The molecular formula is C8H10F4N2. The molecule has 1 heterocycles. The van der Waals surface area contributed by atoms with Gasteiger partial charge in [-0.25, -0.2) is 0 Å². The van der Waals surface area contributed by atoms with Crippen LogP contribution < -0.4 is 0 Å². The fourth-order valence-corrected chi connectivity index (χ4v) is 1.45. The Kier molecular flexibility index (Phi) is 2.72. The first kappa shape index (κ1) is 11.2. The Morgan fingerprint density at radius 3 is 2.00 bits per heavy atom. The number of halogens is 4. The maximum atomic E-state index is 12.7. The highest BCUT2D eigenvalue weighted by molar-refractivity contribution is 5.03. The minimum absolute atomic E-state index is 0.267. The molecule has 0 amide bonds. The second-order valence-corrected chi connectivity index (χ2v) is 3.37. The van der Waals surface area contributed by atoms with E-state index in [0.29, 0.717) is 0 Å². The van der Waals surface area contributed by atoms with E-state index in [1.54, 1.807) is 13.0 Å². The van der Waals surface area contributed by atoms with Gasteiger partial charge in [-0.1, -0.05) is 6.92 Å². The van der Waals surface area contributed by atoms with Gasteiger partial charge in [0.05, 0.1) is 25.2 Å². The molecule has 0 aliphatic carbocycles. The Bertz CT molecular complexity index is 243. The number of hydrogen-bond donors (Lipinski definition) is 0. The number of nitriles is 1. The van der Waals surface area contributed by atoms with Gasteiger partial charge in [-0.15, -0.1) is 0 Å². The maximum Gasteiger partial charge on any atom is 0.323 e. The second kappa shape index (κ2) is 3.39. The van der Waals surface area contributed by atoms with Crippen molar-refractivity contribution in [1.82, 2.24) is 4.90 Å². The molecule has 14 heavy (non-hydrogen) atoms. The highest BCUT2D eigenvalue weighted by Crippen LogP contribution is 2.41. The summed E-state index contributed by atoms with van der Waals surface area (Å²) in [5, 5.41) is 8.55. The maximum absolute atomic E-state index is 12.7. The molecule has 1 fully saturated rings. The van der Waals surface area contributed by atoms with Crippen LogP contribution in [0, 0.1) is 11.3 Å². The summed E-state index contributed by atoms with van der Waals surface area (Å²) in [6, 6.07) is 0.876. The largest absolute Gasteiger partial charge is 0.323 e. The molecule has 2 nitrogen and oxygen atoms in total. The minimum Gasteiger partial charge on any atom is -0.276 e.